The molecule has 0 unspecified atom stereocenters. The molecule has 0 atom stereocenters. The number of nitrogens with zero attached hydrogens (tertiary/aromatic N) is 1. The van der Waals surface area contributed by atoms with E-state index in [1.165, 1.54) is 6.92 Å². The number of rotatable bonds is 6. The van der Waals surface area contributed by atoms with Crippen LogP contribution < -0.4 is 5.32 Å². The molecule has 1 N–H and O–H groups in total. The first-order valence-corrected chi connectivity index (χ1v) is 9.32. The minimum absolute atomic E-state index is 0.0266. The highest BCUT2D eigenvalue weighted by atomic mass is 35.5. The van der Waals surface area contributed by atoms with Crippen LogP contribution in [0.4, 0.5) is 5.69 Å². The Morgan fingerprint density at radius 1 is 1.07 bits per heavy atom. The monoisotopic (exact) mass is 404 g/mol. The van der Waals surface area contributed by atoms with E-state index in [-0.39, 0.29) is 17.9 Å². The van der Waals surface area contributed by atoms with Crippen molar-refractivity contribution in [2.45, 2.75) is 33.4 Å². The number of benzene rings is 2. The smallest absolute Gasteiger partial charge is 0.247 e. The van der Waals surface area contributed by atoms with E-state index in [0.29, 0.717) is 16.6 Å². The Kier molecular flexibility index (Phi) is 7.45. The van der Waals surface area contributed by atoms with Gasteiger partial charge in [0.15, 0.2) is 0 Å². The van der Waals surface area contributed by atoms with Gasteiger partial charge in [0.1, 0.15) is 0 Å². The molecule has 2 aromatic rings. The van der Waals surface area contributed by atoms with E-state index >= 15 is 0 Å². The molecule has 0 saturated heterocycles. The predicted octanol–water partition coefficient (Wildman–Crippen LogP) is 5.40. The van der Waals surface area contributed by atoms with E-state index in [1.54, 1.807) is 41.3 Å². The second-order valence-corrected chi connectivity index (χ2v) is 7.26. The number of carbonyl (C=O) groups is 2. The summed E-state index contributed by atoms with van der Waals surface area (Å²) < 4.78 is 0. The first-order valence-electron chi connectivity index (χ1n) is 8.56. The standard InChI is InChI=1S/C21H22Cl2N2O2/c1-14(2)25(13-17-6-10-19(22)20(23)12-17)21(27)11-7-16-4-8-18(9-5-16)24-15(3)26/h4-12,14H,13H2,1-3H3,(H,24,26)/b11-7+. The molecule has 0 aromatic heterocycles. The fourth-order valence-electron chi connectivity index (χ4n) is 2.49. The lowest BCUT2D eigenvalue weighted by atomic mass is 10.1. The molecule has 4 nitrogen and oxygen atoms in total. The second-order valence-electron chi connectivity index (χ2n) is 6.44. The second kappa shape index (κ2) is 9.58. The van der Waals surface area contributed by atoms with Crippen LogP contribution in [0.15, 0.2) is 48.5 Å². The van der Waals surface area contributed by atoms with E-state index in [0.717, 1.165) is 16.8 Å². The topological polar surface area (TPSA) is 49.4 Å². The van der Waals surface area contributed by atoms with Gasteiger partial charge in [-0.15, -0.1) is 0 Å². The van der Waals surface area contributed by atoms with Gasteiger partial charge < -0.3 is 10.2 Å². The zero-order chi connectivity index (χ0) is 20.0. The lowest BCUT2D eigenvalue weighted by molar-refractivity contribution is -0.128. The maximum absolute atomic E-state index is 12.6. The summed E-state index contributed by atoms with van der Waals surface area (Å²) in [5.74, 6) is -0.217. The predicted molar refractivity (Wildman–Crippen MR) is 112 cm³/mol. The molecule has 2 amide bonds. The average molecular weight is 405 g/mol. The van der Waals surface area contributed by atoms with E-state index in [1.807, 2.05) is 32.0 Å². The third-order valence-electron chi connectivity index (χ3n) is 3.89. The van der Waals surface area contributed by atoms with E-state index in [2.05, 4.69) is 5.32 Å². The number of hydrogen-bond donors (Lipinski definition) is 1. The van der Waals surface area contributed by atoms with Crippen LogP contribution in [0.3, 0.4) is 0 Å². The number of hydrogen-bond acceptors (Lipinski definition) is 2. The van der Waals surface area contributed by atoms with Gasteiger partial charge in [0, 0.05) is 31.3 Å². The van der Waals surface area contributed by atoms with E-state index in [9.17, 15) is 9.59 Å². The van der Waals surface area contributed by atoms with Gasteiger partial charge in [0.05, 0.1) is 10.0 Å². The fraction of sp³-hybridized carbons (Fsp3) is 0.238. The van der Waals surface area contributed by atoms with Crippen LogP contribution in [0.1, 0.15) is 31.9 Å². The minimum Gasteiger partial charge on any atom is -0.332 e. The highest BCUT2D eigenvalue weighted by Gasteiger charge is 2.15. The zero-order valence-electron chi connectivity index (χ0n) is 15.5. The van der Waals surface area contributed by atoms with E-state index < -0.39 is 0 Å². The molecule has 0 aliphatic heterocycles. The molecule has 0 spiro atoms. The Morgan fingerprint density at radius 2 is 1.74 bits per heavy atom. The fourth-order valence-corrected chi connectivity index (χ4v) is 2.81. The lowest BCUT2D eigenvalue weighted by Gasteiger charge is -2.25. The number of amides is 2. The molecule has 2 rings (SSSR count). The van der Waals surface area contributed by atoms with Gasteiger partial charge in [-0.05, 0) is 55.3 Å². The van der Waals surface area contributed by atoms with Gasteiger partial charge >= 0.3 is 0 Å². The summed E-state index contributed by atoms with van der Waals surface area (Å²) >= 11 is 12.0. The SMILES string of the molecule is CC(=O)Nc1ccc(/C=C/C(=O)N(Cc2ccc(Cl)c(Cl)c2)C(C)C)cc1. The van der Waals surface area contributed by atoms with Crippen molar-refractivity contribution in [1.82, 2.24) is 4.90 Å². The lowest BCUT2D eigenvalue weighted by Crippen LogP contribution is -2.35. The molecule has 142 valence electrons. The van der Waals surface area contributed by atoms with Gasteiger partial charge in [-0.1, -0.05) is 41.4 Å². The maximum Gasteiger partial charge on any atom is 0.247 e. The van der Waals surface area contributed by atoms with Crippen molar-refractivity contribution in [3.05, 3.63) is 69.7 Å². The summed E-state index contributed by atoms with van der Waals surface area (Å²) in [6.45, 7) is 5.83. The van der Waals surface area contributed by atoms with Crippen LogP contribution in [-0.2, 0) is 16.1 Å². The van der Waals surface area contributed by atoms with Crippen LogP contribution >= 0.6 is 23.2 Å². The minimum atomic E-state index is -0.122. The van der Waals surface area contributed by atoms with Crippen molar-refractivity contribution in [2.75, 3.05) is 5.32 Å². The summed E-state index contributed by atoms with van der Waals surface area (Å²) in [4.78, 5) is 25.5. The van der Waals surface area contributed by atoms with Crippen LogP contribution in [0.5, 0.6) is 0 Å². The summed E-state index contributed by atoms with van der Waals surface area (Å²) in [5.41, 5.74) is 2.50. The van der Waals surface area contributed by atoms with Crippen molar-refractivity contribution in [1.29, 1.82) is 0 Å². The molecule has 0 saturated carbocycles. The molecule has 0 bridgehead atoms. The molecule has 27 heavy (non-hydrogen) atoms. The van der Waals surface area contributed by atoms with Gasteiger partial charge in [0.25, 0.3) is 0 Å². The molecule has 0 radical (unpaired) electrons. The first kappa shape index (κ1) is 21.0. The number of anilines is 1. The van der Waals surface area contributed by atoms with Gasteiger partial charge in [-0.2, -0.15) is 0 Å². The number of halogens is 2. The van der Waals surface area contributed by atoms with Crippen molar-refractivity contribution >= 4 is 46.8 Å². The third-order valence-corrected chi connectivity index (χ3v) is 4.63. The largest absolute Gasteiger partial charge is 0.332 e. The van der Waals surface area contributed by atoms with Crippen molar-refractivity contribution in [3.8, 4) is 0 Å². The van der Waals surface area contributed by atoms with Gasteiger partial charge in [0.2, 0.25) is 11.8 Å². The highest BCUT2D eigenvalue weighted by molar-refractivity contribution is 6.42. The Labute approximate surface area is 169 Å². The molecule has 0 heterocycles. The molecule has 0 aliphatic carbocycles. The summed E-state index contributed by atoms with van der Waals surface area (Å²) in [6, 6.07) is 12.7. The molecular weight excluding hydrogens is 383 g/mol. The van der Waals surface area contributed by atoms with Gasteiger partial charge in [-0.3, -0.25) is 9.59 Å². The van der Waals surface area contributed by atoms with Gasteiger partial charge in [-0.25, -0.2) is 0 Å². The molecule has 2 aromatic carbocycles. The first-order chi connectivity index (χ1) is 12.8. The van der Waals surface area contributed by atoms with Crippen LogP contribution in [0, 0.1) is 0 Å². The Hall–Kier alpha value is -2.30. The normalized spacial score (nSPS) is 11.0. The van der Waals surface area contributed by atoms with Crippen molar-refractivity contribution in [3.63, 3.8) is 0 Å². The Morgan fingerprint density at radius 3 is 2.30 bits per heavy atom. The van der Waals surface area contributed by atoms with Crippen LogP contribution in [0.25, 0.3) is 6.08 Å². The summed E-state index contributed by atoms with van der Waals surface area (Å²) in [7, 11) is 0. The quantitative estimate of drug-likeness (QED) is 0.654. The third kappa shape index (κ3) is 6.42. The van der Waals surface area contributed by atoms with Crippen molar-refractivity contribution < 1.29 is 9.59 Å². The Bertz CT molecular complexity index is 846. The number of carbonyl (C=O) groups excluding carboxylic acids is 2. The number of nitrogens with one attached hydrogen (secondary N) is 1. The maximum atomic E-state index is 12.6. The molecule has 0 aliphatic rings. The molecule has 0 fully saturated rings. The summed E-state index contributed by atoms with van der Waals surface area (Å²) in [5, 5.41) is 3.67. The Balaban J connectivity index is 2.08. The van der Waals surface area contributed by atoms with E-state index in [4.69, 9.17) is 23.2 Å². The van der Waals surface area contributed by atoms with Crippen molar-refractivity contribution in [2.24, 2.45) is 0 Å². The average Bonchev–Trinajstić information content (AvgIpc) is 2.61. The summed E-state index contributed by atoms with van der Waals surface area (Å²) in [6.07, 6.45) is 3.30. The van der Waals surface area contributed by atoms with Crippen LogP contribution in [0.2, 0.25) is 10.0 Å². The van der Waals surface area contributed by atoms with Crippen LogP contribution in [-0.4, -0.2) is 22.8 Å². The zero-order valence-corrected chi connectivity index (χ0v) is 17.0. The molecular formula is C21H22Cl2N2O2. The molecule has 6 heteroatoms. The highest BCUT2D eigenvalue weighted by Crippen LogP contribution is 2.23.